The number of carbonyl (C=O) groups is 1. The number of unbranched alkanes of at least 4 members (excludes halogenated alkanes) is 8. The van der Waals surface area contributed by atoms with Gasteiger partial charge in [-0.15, -0.1) is 0 Å². The van der Waals surface area contributed by atoms with Gasteiger partial charge < -0.3 is 15.7 Å². The molecule has 0 saturated carbocycles. The first-order chi connectivity index (χ1) is 13.7. The molecule has 4 heteroatoms. The van der Waals surface area contributed by atoms with Crippen molar-refractivity contribution in [3.05, 3.63) is 35.9 Å². The van der Waals surface area contributed by atoms with E-state index < -0.39 is 6.10 Å². The second kappa shape index (κ2) is 16.6. The fraction of sp³-hybridized carbons (Fsp3) is 0.708. The topological polar surface area (TPSA) is 61.4 Å². The third kappa shape index (κ3) is 12.1. The SMILES string of the molecule is CCCCCCCCCCC[C@H](O)C(CNC(=O)CC)NCc1ccccc1. The molecule has 0 spiro atoms. The Bertz CT molecular complexity index is 493. The minimum Gasteiger partial charge on any atom is -0.391 e. The van der Waals surface area contributed by atoms with E-state index in [1.807, 2.05) is 25.1 Å². The molecule has 2 atom stereocenters. The summed E-state index contributed by atoms with van der Waals surface area (Å²) < 4.78 is 0. The van der Waals surface area contributed by atoms with Crippen LogP contribution in [0.3, 0.4) is 0 Å². The lowest BCUT2D eigenvalue weighted by atomic mass is 10.0. The van der Waals surface area contributed by atoms with Crippen molar-refractivity contribution in [1.29, 1.82) is 0 Å². The van der Waals surface area contributed by atoms with Crippen molar-refractivity contribution in [2.45, 2.75) is 103 Å². The summed E-state index contributed by atoms with van der Waals surface area (Å²) in [5.41, 5.74) is 1.18. The summed E-state index contributed by atoms with van der Waals surface area (Å²) in [5.74, 6) is 0.0294. The Balaban J connectivity index is 2.28. The maximum atomic E-state index is 11.6. The predicted molar refractivity (Wildman–Crippen MR) is 118 cm³/mol. The molecule has 0 bridgehead atoms. The van der Waals surface area contributed by atoms with Gasteiger partial charge in [-0.3, -0.25) is 4.79 Å². The quantitative estimate of drug-likeness (QED) is 0.330. The molecule has 0 aliphatic heterocycles. The van der Waals surface area contributed by atoms with E-state index in [1.165, 1.54) is 56.9 Å². The maximum absolute atomic E-state index is 11.6. The van der Waals surface area contributed by atoms with E-state index in [9.17, 15) is 9.90 Å². The number of aliphatic hydroxyl groups is 1. The zero-order chi connectivity index (χ0) is 20.5. The van der Waals surface area contributed by atoms with E-state index in [0.29, 0.717) is 19.5 Å². The zero-order valence-corrected chi connectivity index (χ0v) is 18.1. The average molecular weight is 391 g/mol. The van der Waals surface area contributed by atoms with Crippen LogP contribution in [0.25, 0.3) is 0 Å². The third-order valence-corrected chi connectivity index (χ3v) is 5.32. The van der Waals surface area contributed by atoms with Crippen molar-refractivity contribution >= 4 is 5.91 Å². The van der Waals surface area contributed by atoms with Crippen LogP contribution >= 0.6 is 0 Å². The number of benzene rings is 1. The van der Waals surface area contributed by atoms with Gasteiger partial charge in [-0.05, 0) is 12.0 Å². The lowest BCUT2D eigenvalue weighted by molar-refractivity contribution is -0.121. The molecule has 1 unspecified atom stereocenters. The van der Waals surface area contributed by atoms with E-state index in [2.05, 4.69) is 29.7 Å². The van der Waals surface area contributed by atoms with Crippen LogP contribution in [0.4, 0.5) is 0 Å². The molecular weight excluding hydrogens is 348 g/mol. The van der Waals surface area contributed by atoms with Crippen LogP contribution in [0.5, 0.6) is 0 Å². The molecule has 160 valence electrons. The molecule has 28 heavy (non-hydrogen) atoms. The summed E-state index contributed by atoms with van der Waals surface area (Å²) in [6, 6.07) is 10.1. The van der Waals surface area contributed by atoms with Crippen molar-refractivity contribution in [3.63, 3.8) is 0 Å². The van der Waals surface area contributed by atoms with Gasteiger partial charge in [0.2, 0.25) is 5.91 Å². The van der Waals surface area contributed by atoms with Crippen molar-refractivity contribution in [2.75, 3.05) is 6.54 Å². The van der Waals surface area contributed by atoms with Gasteiger partial charge in [0.15, 0.2) is 0 Å². The molecule has 1 aromatic rings. The molecule has 1 amide bonds. The highest BCUT2D eigenvalue weighted by Gasteiger charge is 2.19. The highest BCUT2D eigenvalue weighted by atomic mass is 16.3. The molecule has 0 aromatic heterocycles. The molecule has 0 radical (unpaired) electrons. The standard InChI is InChI=1S/C24H42N2O2/c1-3-5-6-7-8-9-10-11-15-18-23(27)22(20-26-24(28)4-2)25-19-21-16-13-12-14-17-21/h12-14,16-17,22-23,25,27H,3-11,15,18-20H2,1-2H3,(H,26,28)/t22?,23-/m0/s1. The fourth-order valence-corrected chi connectivity index (χ4v) is 3.40. The van der Waals surface area contributed by atoms with E-state index in [1.54, 1.807) is 0 Å². The summed E-state index contributed by atoms with van der Waals surface area (Å²) in [6.45, 7) is 5.27. The fourth-order valence-electron chi connectivity index (χ4n) is 3.40. The van der Waals surface area contributed by atoms with Gasteiger partial charge in [0.25, 0.3) is 0 Å². The Morgan fingerprint density at radius 2 is 1.54 bits per heavy atom. The summed E-state index contributed by atoms with van der Waals surface area (Å²) in [6.07, 6.45) is 12.3. The normalized spacial score (nSPS) is 13.2. The number of amides is 1. The minimum absolute atomic E-state index is 0.0294. The largest absolute Gasteiger partial charge is 0.391 e. The zero-order valence-electron chi connectivity index (χ0n) is 18.1. The van der Waals surface area contributed by atoms with Crippen LogP contribution in [0, 0.1) is 0 Å². The molecule has 0 aliphatic rings. The van der Waals surface area contributed by atoms with Gasteiger partial charge in [-0.1, -0.05) is 102 Å². The molecule has 3 N–H and O–H groups in total. The summed E-state index contributed by atoms with van der Waals surface area (Å²) in [4.78, 5) is 11.6. The summed E-state index contributed by atoms with van der Waals surface area (Å²) in [7, 11) is 0. The van der Waals surface area contributed by atoms with Crippen LogP contribution in [0.15, 0.2) is 30.3 Å². The lowest BCUT2D eigenvalue weighted by Gasteiger charge is -2.25. The second-order valence-corrected chi connectivity index (χ2v) is 7.82. The van der Waals surface area contributed by atoms with Crippen molar-refractivity contribution in [1.82, 2.24) is 10.6 Å². The van der Waals surface area contributed by atoms with E-state index in [4.69, 9.17) is 0 Å². The van der Waals surface area contributed by atoms with E-state index >= 15 is 0 Å². The number of nitrogens with one attached hydrogen (secondary N) is 2. The number of hydrogen-bond donors (Lipinski definition) is 3. The third-order valence-electron chi connectivity index (χ3n) is 5.32. The Kier molecular flexibility index (Phi) is 14.6. The first-order valence-electron chi connectivity index (χ1n) is 11.4. The Morgan fingerprint density at radius 1 is 0.929 bits per heavy atom. The first kappa shape index (κ1) is 24.6. The van der Waals surface area contributed by atoms with Crippen LogP contribution in [-0.2, 0) is 11.3 Å². The highest BCUT2D eigenvalue weighted by Crippen LogP contribution is 2.13. The number of rotatable bonds is 17. The molecule has 0 heterocycles. The van der Waals surface area contributed by atoms with Crippen LogP contribution in [0.2, 0.25) is 0 Å². The molecule has 0 saturated heterocycles. The van der Waals surface area contributed by atoms with Crippen LogP contribution in [-0.4, -0.2) is 29.7 Å². The summed E-state index contributed by atoms with van der Waals surface area (Å²) >= 11 is 0. The van der Waals surface area contributed by atoms with Crippen molar-refractivity contribution in [3.8, 4) is 0 Å². The van der Waals surface area contributed by atoms with Gasteiger partial charge in [0, 0.05) is 19.5 Å². The number of aliphatic hydroxyl groups excluding tert-OH is 1. The van der Waals surface area contributed by atoms with Crippen LogP contribution in [0.1, 0.15) is 90.0 Å². The predicted octanol–water partition coefficient (Wildman–Crippen LogP) is 4.95. The maximum Gasteiger partial charge on any atom is 0.219 e. The summed E-state index contributed by atoms with van der Waals surface area (Å²) in [5, 5.41) is 17.0. The van der Waals surface area contributed by atoms with Crippen molar-refractivity contribution in [2.24, 2.45) is 0 Å². The number of hydrogen-bond acceptors (Lipinski definition) is 3. The molecule has 0 fully saturated rings. The average Bonchev–Trinajstić information content (AvgIpc) is 2.72. The molecule has 4 nitrogen and oxygen atoms in total. The molecule has 1 aromatic carbocycles. The van der Waals surface area contributed by atoms with E-state index in [-0.39, 0.29) is 11.9 Å². The molecule has 0 aliphatic carbocycles. The minimum atomic E-state index is -0.439. The second-order valence-electron chi connectivity index (χ2n) is 7.82. The van der Waals surface area contributed by atoms with Gasteiger partial charge in [0.1, 0.15) is 0 Å². The lowest BCUT2D eigenvalue weighted by Crippen LogP contribution is -2.47. The first-order valence-corrected chi connectivity index (χ1v) is 11.4. The van der Waals surface area contributed by atoms with E-state index in [0.717, 1.165) is 12.8 Å². The van der Waals surface area contributed by atoms with Crippen molar-refractivity contribution < 1.29 is 9.90 Å². The smallest absolute Gasteiger partial charge is 0.219 e. The Morgan fingerprint density at radius 3 is 2.14 bits per heavy atom. The molecular formula is C24H42N2O2. The van der Waals surface area contributed by atoms with Crippen LogP contribution < -0.4 is 10.6 Å². The van der Waals surface area contributed by atoms with Gasteiger partial charge in [-0.25, -0.2) is 0 Å². The number of carbonyl (C=O) groups excluding carboxylic acids is 1. The van der Waals surface area contributed by atoms with Gasteiger partial charge in [-0.2, -0.15) is 0 Å². The molecule has 1 rings (SSSR count). The Hall–Kier alpha value is -1.39. The Labute approximate surface area is 172 Å². The van der Waals surface area contributed by atoms with Gasteiger partial charge >= 0.3 is 0 Å². The highest BCUT2D eigenvalue weighted by molar-refractivity contribution is 5.75. The van der Waals surface area contributed by atoms with Gasteiger partial charge in [0.05, 0.1) is 12.1 Å². The monoisotopic (exact) mass is 390 g/mol.